The molecule has 1 unspecified atom stereocenters. The van der Waals surface area contributed by atoms with E-state index in [1.807, 2.05) is 0 Å². The Morgan fingerprint density at radius 2 is 2.30 bits per heavy atom. The number of hydrogen-bond acceptors (Lipinski definition) is 7. The second-order valence-electron chi connectivity index (χ2n) is 4.98. The Morgan fingerprint density at radius 3 is 3.00 bits per heavy atom. The summed E-state index contributed by atoms with van der Waals surface area (Å²) in [5.41, 5.74) is 0.838. The fourth-order valence-electron chi connectivity index (χ4n) is 2.38. The van der Waals surface area contributed by atoms with Crippen LogP contribution in [0.1, 0.15) is 18.2 Å². The summed E-state index contributed by atoms with van der Waals surface area (Å²) < 4.78 is 40.4. The van der Waals surface area contributed by atoms with Crippen LogP contribution in [0.25, 0.3) is 0 Å². The molecule has 1 aromatic rings. The lowest BCUT2D eigenvalue weighted by Crippen LogP contribution is -2.32. The number of rotatable bonds is 2. The van der Waals surface area contributed by atoms with Crippen LogP contribution in [0.15, 0.2) is 6.20 Å². The molecule has 3 atom stereocenters. The zero-order chi connectivity index (χ0) is 14.5. The molecule has 110 valence electrons. The van der Waals surface area contributed by atoms with Gasteiger partial charge in [-0.2, -0.15) is 13.4 Å². The third-order valence-electron chi connectivity index (χ3n) is 3.30. The molecule has 9 heteroatoms. The van der Waals surface area contributed by atoms with Crippen molar-refractivity contribution < 1.29 is 22.1 Å². The Balaban J connectivity index is 1.93. The van der Waals surface area contributed by atoms with E-state index in [0.717, 1.165) is 6.26 Å². The molecule has 0 radical (unpaired) electrons. The SMILES string of the molecule is Cc1cn2c(nc1=N)OCC1O[C@@H]2C[C@H]1OS(C)(=O)=O. The normalized spacial score (nSPS) is 28.6. The molecule has 0 spiro atoms. The lowest BCUT2D eigenvalue weighted by atomic mass is 10.2. The van der Waals surface area contributed by atoms with Gasteiger partial charge in [0.05, 0.1) is 6.26 Å². The summed E-state index contributed by atoms with van der Waals surface area (Å²) >= 11 is 0. The standard InChI is InChI=1S/C11H15N3O5S/c1-6-4-14-9-3-7(19-20(2,15)16)8(18-9)5-17-11(14)13-10(6)12/h4,7-9,12H,3,5H2,1-2H3/t7-,8?,9-/m1/s1. The van der Waals surface area contributed by atoms with Gasteiger partial charge < -0.3 is 9.47 Å². The molecule has 1 aromatic heterocycles. The van der Waals surface area contributed by atoms with Crippen LogP contribution < -0.4 is 10.2 Å². The second kappa shape index (κ2) is 4.54. The molecule has 1 saturated heterocycles. The molecule has 2 aliphatic heterocycles. The van der Waals surface area contributed by atoms with Crippen molar-refractivity contribution in [1.29, 1.82) is 5.41 Å². The molecule has 0 aliphatic carbocycles. The van der Waals surface area contributed by atoms with Gasteiger partial charge in [-0.25, -0.2) is 0 Å². The smallest absolute Gasteiger partial charge is 0.300 e. The van der Waals surface area contributed by atoms with E-state index in [-0.39, 0.29) is 12.1 Å². The Bertz CT molecular complexity index is 699. The Kier molecular flexibility index (Phi) is 3.07. The molecule has 3 heterocycles. The van der Waals surface area contributed by atoms with Crippen molar-refractivity contribution in [3.63, 3.8) is 0 Å². The minimum Gasteiger partial charge on any atom is -0.462 e. The van der Waals surface area contributed by atoms with Crippen molar-refractivity contribution in [2.75, 3.05) is 12.9 Å². The molecule has 0 aromatic carbocycles. The predicted octanol–water partition coefficient (Wildman–Crippen LogP) is -0.304. The van der Waals surface area contributed by atoms with Gasteiger partial charge in [0.25, 0.3) is 16.1 Å². The third kappa shape index (κ3) is 2.43. The summed E-state index contributed by atoms with van der Waals surface area (Å²) in [6, 6.07) is 0.311. The van der Waals surface area contributed by atoms with Crippen molar-refractivity contribution in [3.05, 3.63) is 17.2 Å². The second-order valence-corrected chi connectivity index (χ2v) is 6.58. The number of nitrogens with one attached hydrogen (secondary N) is 1. The quantitative estimate of drug-likeness (QED) is 0.752. The number of nitrogens with zero attached hydrogens (tertiary/aromatic N) is 2. The van der Waals surface area contributed by atoms with Gasteiger partial charge >= 0.3 is 0 Å². The van der Waals surface area contributed by atoms with Gasteiger partial charge in [-0.1, -0.05) is 0 Å². The highest BCUT2D eigenvalue weighted by Crippen LogP contribution is 2.36. The van der Waals surface area contributed by atoms with Crippen molar-refractivity contribution >= 4 is 10.1 Å². The van der Waals surface area contributed by atoms with E-state index in [2.05, 4.69) is 4.98 Å². The van der Waals surface area contributed by atoms with Crippen molar-refractivity contribution in [2.24, 2.45) is 0 Å². The molecule has 2 aliphatic rings. The van der Waals surface area contributed by atoms with Crippen LogP contribution in [0.5, 0.6) is 6.01 Å². The Labute approximate surface area is 115 Å². The fourth-order valence-corrected chi connectivity index (χ4v) is 3.03. The summed E-state index contributed by atoms with van der Waals surface area (Å²) in [4.78, 5) is 4.06. The lowest BCUT2D eigenvalue weighted by molar-refractivity contribution is -0.0148. The topological polar surface area (TPSA) is 104 Å². The van der Waals surface area contributed by atoms with E-state index in [4.69, 9.17) is 19.1 Å². The molecular weight excluding hydrogens is 286 g/mol. The highest BCUT2D eigenvalue weighted by atomic mass is 32.2. The van der Waals surface area contributed by atoms with Gasteiger partial charge in [0, 0.05) is 18.2 Å². The van der Waals surface area contributed by atoms with E-state index < -0.39 is 28.6 Å². The number of aryl methyl sites for hydroxylation is 1. The van der Waals surface area contributed by atoms with E-state index in [1.54, 1.807) is 17.7 Å². The van der Waals surface area contributed by atoms with E-state index in [1.165, 1.54) is 0 Å². The summed E-state index contributed by atoms with van der Waals surface area (Å²) in [5.74, 6) is 0. The molecule has 20 heavy (non-hydrogen) atoms. The number of ether oxygens (including phenoxy) is 2. The van der Waals surface area contributed by atoms with Crippen LogP contribution >= 0.6 is 0 Å². The maximum absolute atomic E-state index is 11.2. The lowest BCUT2D eigenvalue weighted by Gasteiger charge is -2.19. The molecule has 0 saturated carbocycles. The van der Waals surface area contributed by atoms with Crippen molar-refractivity contribution in [3.8, 4) is 6.01 Å². The summed E-state index contributed by atoms with van der Waals surface area (Å²) in [6.45, 7) is 1.91. The van der Waals surface area contributed by atoms with Crippen LogP contribution in [0, 0.1) is 12.3 Å². The fraction of sp³-hybridized carbons (Fsp3) is 0.636. The summed E-state index contributed by atoms with van der Waals surface area (Å²) in [6.07, 6.45) is 1.72. The minimum absolute atomic E-state index is 0.145. The van der Waals surface area contributed by atoms with Gasteiger partial charge in [-0.15, -0.1) is 0 Å². The van der Waals surface area contributed by atoms with Gasteiger partial charge in [0.2, 0.25) is 0 Å². The molecule has 3 rings (SSSR count). The average molecular weight is 301 g/mol. The van der Waals surface area contributed by atoms with Crippen LogP contribution in [0.2, 0.25) is 0 Å². The largest absolute Gasteiger partial charge is 0.462 e. The first-order chi connectivity index (χ1) is 9.33. The summed E-state index contributed by atoms with van der Waals surface area (Å²) in [7, 11) is -3.54. The first kappa shape index (κ1) is 13.5. The maximum atomic E-state index is 11.2. The highest BCUT2D eigenvalue weighted by Gasteiger charge is 2.42. The molecule has 0 amide bonds. The van der Waals surface area contributed by atoms with E-state index in [0.29, 0.717) is 18.0 Å². The average Bonchev–Trinajstić information content (AvgIpc) is 2.62. The van der Waals surface area contributed by atoms with E-state index in [9.17, 15) is 8.42 Å². The Hall–Kier alpha value is -1.45. The van der Waals surface area contributed by atoms with Gasteiger partial charge in [0.1, 0.15) is 25.0 Å². The van der Waals surface area contributed by atoms with Crippen LogP contribution in [-0.2, 0) is 19.0 Å². The summed E-state index contributed by atoms with van der Waals surface area (Å²) in [5, 5.41) is 7.67. The zero-order valence-corrected chi connectivity index (χ0v) is 11.9. The molecular formula is C11H15N3O5S. The predicted molar refractivity (Wildman–Crippen MR) is 66.6 cm³/mol. The zero-order valence-electron chi connectivity index (χ0n) is 11.1. The van der Waals surface area contributed by atoms with Gasteiger partial charge in [0.15, 0.2) is 5.49 Å². The number of hydrogen-bond donors (Lipinski definition) is 1. The Morgan fingerprint density at radius 1 is 1.55 bits per heavy atom. The molecule has 8 nitrogen and oxygen atoms in total. The van der Waals surface area contributed by atoms with Gasteiger partial charge in [-0.05, 0) is 6.92 Å². The number of fused-ring (bicyclic) bond motifs is 4. The van der Waals surface area contributed by atoms with Crippen LogP contribution in [0.4, 0.5) is 0 Å². The number of aromatic nitrogens is 2. The van der Waals surface area contributed by atoms with Crippen molar-refractivity contribution in [1.82, 2.24) is 9.55 Å². The minimum atomic E-state index is -3.54. The highest BCUT2D eigenvalue weighted by molar-refractivity contribution is 7.86. The van der Waals surface area contributed by atoms with E-state index >= 15 is 0 Å². The molecule has 1 N–H and O–H groups in total. The van der Waals surface area contributed by atoms with Gasteiger partial charge in [-0.3, -0.25) is 14.2 Å². The van der Waals surface area contributed by atoms with Crippen LogP contribution in [0.3, 0.4) is 0 Å². The molecule has 1 fully saturated rings. The first-order valence-electron chi connectivity index (χ1n) is 6.14. The monoisotopic (exact) mass is 301 g/mol. The van der Waals surface area contributed by atoms with Crippen molar-refractivity contribution in [2.45, 2.75) is 31.8 Å². The first-order valence-corrected chi connectivity index (χ1v) is 7.96. The maximum Gasteiger partial charge on any atom is 0.300 e. The third-order valence-corrected chi connectivity index (χ3v) is 3.90. The van der Waals surface area contributed by atoms with Crippen LogP contribution in [-0.4, -0.2) is 43.0 Å². The molecule has 2 bridgehead atoms.